The molecule has 14 heavy (non-hydrogen) atoms. The van der Waals surface area contributed by atoms with Crippen molar-refractivity contribution in [3.8, 4) is 0 Å². The highest BCUT2D eigenvalue weighted by atomic mass is 35.5. The Labute approximate surface area is 92.7 Å². The largest absolute Gasteiger partial charge is 0.331 e. The van der Waals surface area contributed by atoms with E-state index >= 15 is 0 Å². The summed E-state index contributed by atoms with van der Waals surface area (Å²) in [7, 11) is 3.42. The van der Waals surface area contributed by atoms with Crippen LogP contribution >= 0.6 is 22.9 Å². The smallest absolute Gasteiger partial charge is 0.317 e. The van der Waals surface area contributed by atoms with E-state index in [4.69, 9.17) is 11.6 Å². The van der Waals surface area contributed by atoms with E-state index in [-0.39, 0.29) is 12.1 Å². The lowest BCUT2D eigenvalue weighted by atomic mass is 10.3. The van der Waals surface area contributed by atoms with Gasteiger partial charge in [-0.25, -0.2) is 4.79 Å². The number of hydrogen-bond donors (Lipinski definition) is 1. The van der Waals surface area contributed by atoms with Crippen molar-refractivity contribution in [2.45, 2.75) is 13.0 Å². The first-order valence-electron chi connectivity index (χ1n) is 4.23. The first kappa shape index (κ1) is 11.3. The number of nitrogens with one attached hydrogen (secondary N) is 1. The summed E-state index contributed by atoms with van der Waals surface area (Å²) >= 11 is 7.28. The normalized spacial score (nSPS) is 12.3. The van der Waals surface area contributed by atoms with Crippen LogP contribution in [0.3, 0.4) is 0 Å². The number of amides is 2. The molecule has 0 radical (unpaired) electrons. The predicted molar refractivity (Wildman–Crippen MR) is 60.0 cm³/mol. The zero-order valence-electron chi connectivity index (χ0n) is 8.37. The van der Waals surface area contributed by atoms with Crippen LogP contribution in [0.4, 0.5) is 4.79 Å². The van der Waals surface area contributed by atoms with Crippen LogP contribution in [0.1, 0.15) is 17.8 Å². The van der Waals surface area contributed by atoms with Gasteiger partial charge >= 0.3 is 6.03 Å². The molecule has 0 bridgehead atoms. The Hall–Kier alpha value is -0.740. The fourth-order valence-corrected chi connectivity index (χ4v) is 2.01. The highest BCUT2D eigenvalue weighted by Gasteiger charge is 2.12. The summed E-state index contributed by atoms with van der Waals surface area (Å²) in [6, 6.07) is 3.66. The van der Waals surface area contributed by atoms with Crippen molar-refractivity contribution in [1.82, 2.24) is 10.2 Å². The molecule has 1 aromatic heterocycles. The van der Waals surface area contributed by atoms with Crippen LogP contribution in [0.5, 0.6) is 0 Å². The fraction of sp³-hybridized carbons (Fsp3) is 0.444. The molecule has 5 heteroatoms. The quantitative estimate of drug-likeness (QED) is 0.836. The van der Waals surface area contributed by atoms with Crippen LogP contribution in [-0.2, 0) is 0 Å². The van der Waals surface area contributed by atoms with E-state index in [0.29, 0.717) is 0 Å². The first-order chi connectivity index (χ1) is 6.50. The number of nitrogens with zero attached hydrogens (tertiary/aromatic N) is 1. The molecule has 0 fully saturated rings. The molecule has 0 aliphatic rings. The van der Waals surface area contributed by atoms with Crippen LogP contribution < -0.4 is 5.32 Å². The summed E-state index contributed by atoms with van der Waals surface area (Å²) in [6.45, 7) is 1.93. The summed E-state index contributed by atoms with van der Waals surface area (Å²) in [5, 5.41) is 2.85. The number of hydrogen-bond acceptors (Lipinski definition) is 2. The molecule has 1 aromatic rings. The molecule has 78 valence electrons. The summed E-state index contributed by atoms with van der Waals surface area (Å²) in [4.78, 5) is 13.9. The predicted octanol–water partition coefficient (Wildman–Crippen LogP) is 2.73. The van der Waals surface area contributed by atoms with E-state index in [2.05, 4.69) is 5.32 Å². The molecule has 0 aromatic carbocycles. The van der Waals surface area contributed by atoms with Crippen molar-refractivity contribution in [3.05, 3.63) is 21.3 Å². The Morgan fingerprint density at radius 3 is 2.64 bits per heavy atom. The Kier molecular flexibility index (Phi) is 3.77. The molecule has 0 aliphatic carbocycles. The van der Waals surface area contributed by atoms with Gasteiger partial charge in [-0.15, -0.1) is 11.3 Å². The third-order valence-corrected chi connectivity index (χ3v) is 3.18. The van der Waals surface area contributed by atoms with Crippen molar-refractivity contribution >= 4 is 29.0 Å². The molecule has 1 N–H and O–H groups in total. The molecule has 1 heterocycles. The summed E-state index contributed by atoms with van der Waals surface area (Å²) in [5.41, 5.74) is 0. The number of urea groups is 1. The summed E-state index contributed by atoms with van der Waals surface area (Å²) in [5.74, 6) is 0. The number of carbonyl (C=O) groups is 1. The van der Waals surface area contributed by atoms with Gasteiger partial charge in [-0.1, -0.05) is 11.6 Å². The van der Waals surface area contributed by atoms with Crippen LogP contribution in [0, 0.1) is 0 Å². The van der Waals surface area contributed by atoms with E-state index in [1.165, 1.54) is 16.2 Å². The second-order valence-corrected chi connectivity index (χ2v) is 4.95. The molecule has 1 unspecified atom stereocenters. The van der Waals surface area contributed by atoms with Crippen LogP contribution in [0.2, 0.25) is 4.34 Å². The van der Waals surface area contributed by atoms with Gasteiger partial charge in [-0.2, -0.15) is 0 Å². The van der Waals surface area contributed by atoms with Crippen molar-refractivity contribution in [2.24, 2.45) is 0 Å². The first-order valence-corrected chi connectivity index (χ1v) is 5.43. The van der Waals surface area contributed by atoms with Gasteiger partial charge in [0.1, 0.15) is 0 Å². The van der Waals surface area contributed by atoms with Gasteiger partial charge in [-0.3, -0.25) is 0 Å². The Morgan fingerprint density at radius 2 is 2.21 bits per heavy atom. The van der Waals surface area contributed by atoms with Gasteiger partial charge in [0, 0.05) is 19.0 Å². The monoisotopic (exact) mass is 232 g/mol. The zero-order valence-corrected chi connectivity index (χ0v) is 9.95. The van der Waals surface area contributed by atoms with Crippen LogP contribution in [0.25, 0.3) is 0 Å². The minimum Gasteiger partial charge on any atom is -0.331 e. The fourth-order valence-electron chi connectivity index (χ4n) is 0.946. The molecule has 3 nitrogen and oxygen atoms in total. The lowest BCUT2D eigenvalue weighted by molar-refractivity contribution is 0.214. The number of halogens is 1. The van der Waals surface area contributed by atoms with Crippen molar-refractivity contribution in [1.29, 1.82) is 0 Å². The molecule has 0 spiro atoms. The molecule has 0 saturated carbocycles. The molecular weight excluding hydrogens is 220 g/mol. The van der Waals surface area contributed by atoms with E-state index in [9.17, 15) is 4.79 Å². The molecule has 1 rings (SSSR count). The maximum Gasteiger partial charge on any atom is 0.317 e. The minimum absolute atomic E-state index is 0.00222. The van der Waals surface area contributed by atoms with Gasteiger partial charge in [-0.05, 0) is 19.1 Å². The Balaban J connectivity index is 2.59. The Bertz CT molecular complexity index is 324. The van der Waals surface area contributed by atoms with Gasteiger partial charge < -0.3 is 10.2 Å². The standard InChI is InChI=1S/C9H13ClN2OS/c1-6(11-9(13)12(2)3)7-4-5-8(10)14-7/h4-6H,1-3H3,(H,11,13). The average molecular weight is 233 g/mol. The average Bonchev–Trinajstić information content (AvgIpc) is 2.51. The molecular formula is C9H13ClN2OS. The van der Waals surface area contributed by atoms with Crippen LogP contribution in [0.15, 0.2) is 12.1 Å². The van der Waals surface area contributed by atoms with Gasteiger partial charge in [0.15, 0.2) is 0 Å². The zero-order chi connectivity index (χ0) is 10.7. The van der Waals surface area contributed by atoms with E-state index in [1.54, 1.807) is 14.1 Å². The minimum atomic E-state index is -0.0953. The second-order valence-electron chi connectivity index (χ2n) is 3.21. The van der Waals surface area contributed by atoms with Crippen molar-refractivity contribution < 1.29 is 4.79 Å². The van der Waals surface area contributed by atoms with Gasteiger partial charge in [0.05, 0.1) is 10.4 Å². The lowest BCUT2D eigenvalue weighted by Gasteiger charge is -2.16. The second kappa shape index (κ2) is 4.66. The third-order valence-electron chi connectivity index (χ3n) is 1.77. The molecule has 2 amide bonds. The Morgan fingerprint density at radius 1 is 1.57 bits per heavy atom. The highest BCUT2D eigenvalue weighted by molar-refractivity contribution is 7.16. The molecule has 1 atom stereocenters. The van der Waals surface area contributed by atoms with E-state index in [0.717, 1.165) is 9.21 Å². The number of carbonyl (C=O) groups excluding carboxylic acids is 1. The number of rotatable bonds is 2. The number of thiophene rings is 1. The lowest BCUT2D eigenvalue weighted by Crippen LogP contribution is -2.35. The maximum absolute atomic E-state index is 11.3. The van der Waals surface area contributed by atoms with Crippen molar-refractivity contribution in [2.75, 3.05) is 14.1 Å². The van der Waals surface area contributed by atoms with Crippen LogP contribution in [-0.4, -0.2) is 25.0 Å². The molecule has 0 aliphatic heterocycles. The third kappa shape index (κ3) is 2.89. The van der Waals surface area contributed by atoms with E-state index < -0.39 is 0 Å². The molecule has 0 saturated heterocycles. The maximum atomic E-state index is 11.3. The summed E-state index contributed by atoms with van der Waals surface area (Å²) < 4.78 is 0.742. The van der Waals surface area contributed by atoms with Gasteiger partial charge in [0.2, 0.25) is 0 Å². The van der Waals surface area contributed by atoms with Gasteiger partial charge in [0.25, 0.3) is 0 Å². The van der Waals surface area contributed by atoms with Crippen molar-refractivity contribution in [3.63, 3.8) is 0 Å². The van der Waals surface area contributed by atoms with E-state index in [1.807, 2.05) is 19.1 Å². The topological polar surface area (TPSA) is 32.3 Å². The summed E-state index contributed by atoms with van der Waals surface area (Å²) in [6.07, 6.45) is 0. The SMILES string of the molecule is CC(NC(=O)N(C)C)c1ccc(Cl)s1. The highest BCUT2D eigenvalue weighted by Crippen LogP contribution is 2.26.